The molecule has 52 valence electrons. The van der Waals surface area contributed by atoms with Crippen LogP contribution in [0.1, 0.15) is 0 Å². The lowest BCUT2D eigenvalue weighted by Gasteiger charge is -1.47. The standard InChI is InChI=1S/C3H3NO.C2N2.FH/c1-2-5-3-4-1;3-1-2-4;/h1-3H;;1H. The van der Waals surface area contributed by atoms with E-state index in [2.05, 4.69) is 9.40 Å². The third-order valence-corrected chi connectivity index (χ3v) is 0.397. The lowest BCUT2D eigenvalue weighted by Crippen LogP contribution is -1.38. The van der Waals surface area contributed by atoms with Crippen molar-refractivity contribution in [2.24, 2.45) is 0 Å². The molecule has 0 aliphatic rings. The van der Waals surface area contributed by atoms with Crippen molar-refractivity contribution >= 4 is 0 Å². The van der Waals surface area contributed by atoms with Crippen LogP contribution in [0.3, 0.4) is 0 Å². The molecule has 0 fully saturated rings. The molecule has 0 aromatic carbocycles. The third-order valence-electron chi connectivity index (χ3n) is 0.397. The molecule has 0 unspecified atom stereocenters. The maximum absolute atomic E-state index is 7.26. The molecule has 4 nitrogen and oxygen atoms in total. The first kappa shape index (κ1) is 11.0. The van der Waals surface area contributed by atoms with Gasteiger partial charge in [0.2, 0.25) is 0 Å². The van der Waals surface area contributed by atoms with Crippen molar-refractivity contribution in [3.63, 3.8) is 0 Å². The summed E-state index contributed by atoms with van der Waals surface area (Å²) in [6.07, 6.45) is 4.47. The fraction of sp³-hybridized carbons (Fsp3) is 0. The zero-order chi connectivity index (χ0) is 6.95. The van der Waals surface area contributed by atoms with Crippen molar-refractivity contribution in [2.45, 2.75) is 0 Å². The Kier molecular flexibility index (Phi) is 11.2. The largest absolute Gasteiger partial charge is 0.452 e. The summed E-state index contributed by atoms with van der Waals surface area (Å²) in [5, 5.41) is 14.5. The summed E-state index contributed by atoms with van der Waals surface area (Å²) in [6, 6.07) is 2.47. The number of rotatable bonds is 0. The second-order valence-electron chi connectivity index (χ2n) is 0.899. The lowest BCUT2D eigenvalue weighted by molar-refractivity contribution is 0.558. The van der Waals surface area contributed by atoms with Gasteiger partial charge in [-0.2, -0.15) is 10.5 Å². The van der Waals surface area contributed by atoms with Crippen LogP contribution in [0.25, 0.3) is 0 Å². The van der Waals surface area contributed by atoms with Crippen LogP contribution in [0.15, 0.2) is 23.3 Å². The molecule has 0 atom stereocenters. The van der Waals surface area contributed by atoms with E-state index in [4.69, 9.17) is 10.5 Å². The summed E-state index contributed by atoms with van der Waals surface area (Å²) >= 11 is 0. The average molecular weight is 141 g/mol. The van der Waals surface area contributed by atoms with Gasteiger partial charge in [-0.1, -0.05) is 0 Å². The summed E-state index contributed by atoms with van der Waals surface area (Å²) in [5.41, 5.74) is 0. The van der Waals surface area contributed by atoms with Gasteiger partial charge >= 0.3 is 0 Å². The van der Waals surface area contributed by atoms with Crippen molar-refractivity contribution in [3.05, 3.63) is 18.9 Å². The first-order valence-corrected chi connectivity index (χ1v) is 2.02. The predicted molar refractivity (Wildman–Crippen MR) is 30.2 cm³/mol. The number of oxazole rings is 1. The summed E-state index contributed by atoms with van der Waals surface area (Å²) in [4.78, 5) is 3.56. The van der Waals surface area contributed by atoms with Crippen molar-refractivity contribution in [1.29, 1.82) is 10.5 Å². The molecule has 0 bridgehead atoms. The zero-order valence-electron chi connectivity index (χ0n) is 4.89. The minimum atomic E-state index is 0. The molecular weight excluding hydrogens is 137 g/mol. The van der Waals surface area contributed by atoms with Gasteiger partial charge in [0, 0.05) is 0 Å². The highest BCUT2D eigenvalue weighted by Crippen LogP contribution is 1.72. The van der Waals surface area contributed by atoms with Crippen LogP contribution in [-0.4, -0.2) is 4.98 Å². The molecule has 0 aliphatic heterocycles. The van der Waals surface area contributed by atoms with E-state index in [9.17, 15) is 0 Å². The quantitative estimate of drug-likeness (QED) is 0.537. The van der Waals surface area contributed by atoms with Crippen LogP contribution in [0.5, 0.6) is 0 Å². The molecule has 10 heavy (non-hydrogen) atoms. The van der Waals surface area contributed by atoms with Gasteiger partial charge in [0.1, 0.15) is 6.26 Å². The van der Waals surface area contributed by atoms with E-state index in [1.54, 1.807) is 6.20 Å². The lowest BCUT2D eigenvalue weighted by atomic mass is 10.9. The number of nitrogens with zero attached hydrogens (tertiary/aromatic N) is 3. The molecule has 1 aromatic heterocycles. The van der Waals surface area contributed by atoms with E-state index in [1.807, 2.05) is 0 Å². The smallest absolute Gasteiger partial charge is 0.181 e. The van der Waals surface area contributed by atoms with E-state index in [0.29, 0.717) is 0 Å². The number of nitriles is 2. The molecule has 0 aliphatic carbocycles. The Morgan fingerprint density at radius 2 is 1.90 bits per heavy atom. The molecule has 0 spiro atoms. The highest BCUT2D eigenvalue weighted by molar-refractivity contribution is 4.99. The van der Waals surface area contributed by atoms with Gasteiger partial charge in [-0.05, 0) is 0 Å². The molecule has 0 saturated carbocycles. The minimum absolute atomic E-state index is 0. The zero-order valence-corrected chi connectivity index (χ0v) is 4.89. The van der Waals surface area contributed by atoms with Crippen molar-refractivity contribution in [2.75, 3.05) is 0 Å². The number of aromatic nitrogens is 1. The SMILES string of the molecule is F.N#CC#N.c1cocn1. The van der Waals surface area contributed by atoms with Gasteiger partial charge in [0.05, 0.1) is 6.20 Å². The predicted octanol–water partition coefficient (Wildman–Crippen LogP) is 0.861. The van der Waals surface area contributed by atoms with Gasteiger partial charge in [-0.15, -0.1) is 0 Å². The van der Waals surface area contributed by atoms with Crippen LogP contribution < -0.4 is 0 Å². The third kappa shape index (κ3) is 9.45. The minimum Gasteiger partial charge on any atom is -0.452 e. The summed E-state index contributed by atoms with van der Waals surface area (Å²) in [6.45, 7) is 0. The first-order chi connectivity index (χ1) is 4.41. The Labute approximate surface area is 56.7 Å². The Hall–Kier alpha value is -1.88. The van der Waals surface area contributed by atoms with Crippen LogP contribution in [0, 0.1) is 22.7 Å². The van der Waals surface area contributed by atoms with Crippen LogP contribution in [0.4, 0.5) is 4.70 Å². The second-order valence-corrected chi connectivity index (χ2v) is 0.899. The summed E-state index contributed by atoms with van der Waals surface area (Å²) in [5.74, 6) is 0. The topological polar surface area (TPSA) is 73.6 Å². The van der Waals surface area contributed by atoms with Crippen LogP contribution in [-0.2, 0) is 0 Å². The van der Waals surface area contributed by atoms with E-state index >= 15 is 0 Å². The molecule has 1 aromatic rings. The molecule has 1 rings (SSSR count). The van der Waals surface area contributed by atoms with Crippen LogP contribution in [0.2, 0.25) is 0 Å². The van der Waals surface area contributed by atoms with Crippen LogP contribution >= 0.6 is 0 Å². The molecule has 0 radical (unpaired) electrons. The number of hydrogen-bond acceptors (Lipinski definition) is 4. The highest BCUT2D eigenvalue weighted by atomic mass is 19.0. The fourth-order valence-electron chi connectivity index (χ4n) is 0.176. The number of hydrogen-bond donors (Lipinski definition) is 0. The van der Waals surface area contributed by atoms with Gasteiger partial charge < -0.3 is 4.42 Å². The van der Waals surface area contributed by atoms with Crippen molar-refractivity contribution < 1.29 is 9.12 Å². The van der Waals surface area contributed by atoms with Gasteiger partial charge in [0.15, 0.2) is 18.5 Å². The maximum atomic E-state index is 7.26. The number of halogens is 1. The molecule has 0 amide bonds. The monoisotopic (exact) mass is 141 g/mol. The molecule has 5 heteroatoms. The second kappa shape index (κ2) is 10.2. The molecule has 0 N–H and O–H groups in total. The van der Waals surface area contributed by atoms with E-state index in [-0.39, 0.29) is 4.70 Å². The fourth-order valence-corrected chi connectivity index (χ4v) is 0.176. The Bertz CT molecular complexity index is 179. The Balaban J connectivity index is 0. The van der Waals surface area contributed by atoms with Gasteiger partial charge in [-0.3, -0.25) is 4.70 Å². The van der Waals surface area contributed by atoms with Gasteiger partial charge in [-0.25, -0.2) is 4.98 Å². The van der Waals surface area contributed by atoms with E-state index < -0.39 is 0 Å². The summed E-state index contributed by atoms with van der Waals surface area (Å²) < 4.78 is 4.47. The van der Waals surface area contributed by atoms with Gasteiger partial charge in [0.25, 0.3) is 0 Å². The average Bonchev–Trinajstić information content (AvgIpc) is 2.43. The normalized spacial score (nSPS) is 5.00. The summed E-state index contributed by atoms with van der Waals surface area (Å²) in [7, 11) is 0. The van der Waals surface area contributed by atoms with Crippen molar-refractivity contribution in [3.8, 4) is 12.1 Å². The first-order valence-electron chi connectivity index (χ1n) is 2.02. The highest BCUT2D eigenvalue weighted by Gasteiger charge is 1.59. The Morgan fingerprint density at radius 1 is 1.30 bits per heavy atom. The molecule has 1 heterocycles. The van der Waals surface area contributed by atoms with Crippen molar-refractivity contribution in [1.82, 2.24) is 4.98 Å². The Morgan fingerprint density at radius 3 is 2.00 bits per heavy atom. The molecule has 0 saturated heterocycles. The van der Waals surface area contributed by atoms with E-state index in [1.165, 1.54) is 24.8 Å². The maximum Gasteiger partial charge on any atom is 0.181 e. The van der Waals surface area contributed by atoms with E-state index in [0.717, 1.165) is 0 Å². The molecular formula is C5H4FN3O.